The first-order valence-electron chi connectivity index (χ1n) is 10.8. The van der Waals surface area contributed by atoms with E-state index in [1.54, 1.807) is 0 Å². The number of amides is 1. The molecule has 1 unspecified atom stereocenters. The van der Waals surface area contributed by atoms with Crippen molar-refractivity contribution in [1.29, 1.82) is 0 Å². The van der Waals surface area contributed by atoms with E-state index in [0.29, 0.717) is 0 Å². The van der Waals surface area contributed by atoms with Gasteiger partial charge in [0.05, 0.1) is 11.9 Å². The topological polar surface area (TPSA) is 116 Å². The second kappa shape index (κ2) is 9.52. The summed E-state index contributed by atoms with van der Waals surface area (Å²) in [6.07, 6.45) is -7.10. The van der Waals surface area contributed by atoms with Gasteiger partial charge in [0.2, 0.25) is 5.91 Å². The third kappa shape index (κ3) is 5.14. The predicted octanol–water partition coefficient (Wildman–Crippen LogP) is 2.69. The fraction of sp³-hybridized carbons (Fsp3) is 0.381. The van der Waals surface area contributed by atoms with E-state index in [2.05, 4.69) is 20.6 Å². The number of carbonyl (C=O) groups is 1. The molecule has 4 heterocycles. The molecule has 4 rings (SSSR count). The molecule has 0 saturated carbocycles. The van der Waals surface area contributed by atoms with Crippen molar-refractivity contribution in [2.75, 3.05) is 0 Å². The zero-order valence-corrected chi connectivity index (χ0v) is 20.6. The molecule has 2 N–H and O–H groups in total. The van der Waals surface area contributed by atoms with Crippen molar-refractivity contribution in [2.45, 2.75) is 44.2 Å². The Kier molecular flexibility index (Phi) is 6.83. The average Bonchev–Trinajstić information content (AvgIpc) is 3.46. The first-order chi connectivity index (χ1) is 17.6. The highest BCUT2D eigenvalue weighted by atomic mass is 32.2. The fourth-order valence-corrected chi connectivity index (χ4v) is 4.70. The molecule has 3 aromatic heterocycles. The van der Waals surface area contributed by atoms with Crippen LogP contribution in [0, 0.1) is 6.92 Å². The maximum absolute atomic E-state index is 13.2. The van der Waals surface area contributed by atoms with Crippen LogP contribution in [-0.4, -0.2) is 35.8 Å². The molecule has 0 fully saturated rings. The Labute approximate surface area is 213 Å². The van der Waals surface area contributed by atoms with Crippen molar-refractivity contribution in [3.63, 3.8) is 0 Å². The monoisotopic (exact) mass is 563 g/mol. The van der Waals surface area contributed by atoms with Gasteiger partial charge in [-0.25, -0.2) is 14.3 Å². The zero-order chi connectivity index (χ0) is 28.2. The van der Waals surface area contributed by atoms with Gasteiger partial charge in [-0.15, -0.1) is 11.8 Å². The van der Waals surface area contributed by atoms with Gasteiger partial charge in [0.1, 0.15) is 23.8 Å². The van der Waals surface area contributed by atoms with Crippen LogP contribution in [0.3, 0.4) is 0 Å². The van der Waals surface area contributed by atoms with Crippen molar-refractivity contribution >= 4 is 28.8 Å². The van der Waals surface area contributed by atoms with Gasteiger partial charge in [-0.2, -0.15) is 26.3 Å². The van der Waals surface area contributed by atoms with Gasteiger partial charge in [0.25, 0.3) is 5.56 Å². The maximum atomic E-state index is 13.2. The lowest BCUT2D eigenvalue weighted by Gasteiger charge is -2.18. The Morgan fingerprint density at radius 1 is 1.21 bits per heavy atom. The number of fused-ring (bicyclic) bond motifs is 1. The number of alkyl halides is 6. The normalized spacial score (nSPS) is 16.9. The summed E-state index contributed by atoms with van der Waals surface area (Å²) in [5.74, 6) is -0.560. The van der Waals surface area contributed by atoms with Gasteiger partial charge in [-0.3, -0.25) is 19.1 Å². The molecular formula is C21H19F6N7O3S. The number of aryl methyl sites for hydroxylation is 2. The smallest absolute Gasteiger partial charge is 0.355 e. The first kappa shape index (κ1) is 27.3. The van der Waals surface area contributed by atoms with Crippen LogP contribution >= 0.6 is 11.8 Å². The van der Waals surface area contributed by atoms with Gasteiger partial charge >= 0.3 is 18.0 Å². The number of aromatic nitrogens is 5. The highest BCUT2D eigenvalue weighted by Gasteiger charge is 2.35. The number of nitrogens with zero attached hydrogens (tertiary/aromatic N) is 5. The Morgan fingerprint density at radius 3 is 2.53 bits per heavy atom. The SMILES string of the molecule is Cc1ncc(C2NC(NC(=O)[C@H](C)n3cnc4c3c(=O)n(CC(F)(F)F)c(=O)n4C)=CS2)cc1C(F)(F)F. The highest BCUT2D eigenvalue weighted by molar-refractivity contribution is 8.02. The third-order valence-corrected chi connectivity index (χ3v) is 6.81. The minimum atomic E-state index is -4.85. The maximum Gasteiger partial charge on any atom is 0.418 e. The molecule has 0 aromatic carbocycles. The molecule has 1 amide bonds. The zero-order valence-electron chi connectivity index (χ0n) is 19.8. The largest absolute Gasteiger partial charge is 0.418 e. The average molecular weight is 563 g/mol. The second-order valence-electron chi connectivity index (χ2n) is 8.43. The van der Waals surface area contributed by atoms with Gasteiger partial charge in [0.15, 0.2) is 11.2 Å². The standard InChI is InChI=1S/C21H19F6N7O3S/c1-9-12(21(25,26)27)4-11(5-28-9)17-31-13(6-38-17)30-16(35)10(2)34-8-29-15-14(34)18(36)33(7-20(22,23)24)19(37)32(15)3/h4-6,8,10,17,31H,7H2,1-3H3,(H,30,35)/t10-,17?/m0/s1. The number of hydrogen-bond donors (Lipinski definition) is 2. The minimum absolute atomic E-state index is 0.0121. The van der Waals surface area contributed by atoms with E-state index >= 15 is 0 Å². The summed E-state index contributed by atoms with van der Waals surface area (Å²) < 4.78 is 80.4. The Morgan fingerprint density at radius 2 is 1.89 bits per heavy atom. The predicted molar refractivity (Wildman–Crippen MR) is 124 cm³/mol. The van der Waals surface area contributed by atoms with Crippen LogP contribution in [0.15, 0.2) is 39.4 Å². The van der Waals surface area contributed by atoms with Gasteiger partial charge in [-0.1, -0.05) is 0 Å². The molecular weight excluding hydrogens is 544 g/mol. The van der Waals surface area contributed by atoms with Crippen molar-refractivity contribution in [3.05, 3.63) is 67.5 Å². The summed E-state index contributed by atoms with van der Waals surface area (Å²) >= 11 is 1.08. The van der Waals surface area contributed by atoms with E-state index in [0.717, 1.165) is 40.3 Å². The summed E-state index contributed by atoms with van der Waals surface area (Å²) in [6, 6.07) is -0.212. The van der Waals surface area contributed by atoms with Crippen LogP contribution in [0.5, 0.6) is 0 Å². The van der Waals surface area contributed by atoms with Crippen molar-refractivity contribution in [2.24, 2.45) is 7.05 Å². The molecule has 3 aromatic rings. The first-order valence-corrected chi connectivity index (χ1v) is 11.7. The number of nitrogens with one attached hydrogen (secondary N) is 2. The Hall–Kier alpha value is -3.76. The number of carbonyl (C=O) groups excluding carboxylic acids is 1. The van der Waals surface area contributed by atoms with E-state index in [1.165, 1.54) is 25.5 Å². The molecule has 2 atom stereocenters. The summed E-state index contributed by atoms with van der Waals surface area (Å²) in [5.41, 5.74) is -3.93. The lowest BCUT2D eigenvalue weighted by Crippen LogP contribution is -2.43. The number of rotatable bonds is 5. The fourth-order valence-electron chi connectivity index (χ4n) is 3.82. The van der Waals surface area contributed by atoms with Crippen LogP contribution in [0.4, 0.5) is 26.3 Å². The molecule has 0 spiro atoms. The summed E-state index contributed by atoms with van der Waals surface area (Å²) in [4.78, 5) is 45.7. The van der Waals surface area contributed by atoms with Gasteiger partial charge < -0.3 is 15.2 Å². The summed E-state index contributed by atoms with van der Waals surface area (Å²) in [6.45, 7) is 0.775. The number of halogens is 6. The lowest BCUT2D eigenvalue weighted by atomic mass is 10.1. The molecule has 10 nitrogen and oxygen atoms in total. The van der Waals surface area contributed by atoms with E-state index < -0.39 is 53.0 Å². The molecule has 0 saturated heterocycles. The van der Waals surface area contributed by atoms with E-state index in [4.69, 9.17) is 0 Å². The van der Waals surface area contributed by atoms with Crippen molar-refractivity contribution < 1.29 is 31.1 Å². The number of pyridine rings is 1. The van der Waals surface area contributed by atoms with Crippen LogP contribution in [0.1, 0.15) is 35.2 Å². The minimum Gasteiger partial charge on any atom is -0.355 e. The molecule has 38 heavy (non-hydrogen) atoms. The van der Waals surface area contributed by atoms with Crippen LogP contribution in [0.25, 0.3) is 11.2 Å². The van der Waals surface area contributed by atoms with Gasteiger partial charge in [0, 0.05) is 29.9 Å². The van der Waals surface area contributed by atoms with Gasteiger partial charge in [-0.05, 0) is 19.9 Å². The van der Waals surface area contributed by atoms with Crippen molar-refractivity contribution in [1.82, 2.24) is 34.3 Å². The van der Waals surface area contributed by atoms with Crippen molar-refractivity contribution in [3.8, 4) is 0 Å². The molecule has 17 heteroatoms. The number of hydrogen-bond acceptors (Lipinski definition) is 7. The van der Waals surface area contributed by atoms with E-state index in [1.807, 2.05) is 0 Å². The molecule has 1 aliphatic heterocycles. The molecule has 0 aliphatic carbocycles. The van der Waals surface area contributed by atoms with Crippen LogP contribution in [0.2, 0.25) is 0 Å². The van der Waals surface area contributed by atoms with Crippen LogP contribution < -0.4 is 21.9 Å². The number of thioether (sulfide) groups is 1. The lowest BCUT2D eigenvalue weighted by molar-refractivity contribution is -0.142. The quantitative estimate of drug-likeness (QED) is 0.459. The summed E-state index contributed by atoms with van der Waals surface area (Å²) in [5, 5.41) is 6.17. The Bertz CT molecular complexity index is 1570. The summed E-state index contributed by atoms with van der Waals surface area (Å²) in [7, 11) is 1.15. The van der Waals surface area contributed by atoms with E-state index in [9.17, 15) is 40.7 Å². The molecule has 204 valence electrons. The van der Waals surface area contributed by atoms with E-state index in [-0.39, 0.29) is 32.8 Å². The Balaban J connectivity index is 1.55. The van der Waals surface area contributed by atoms with Crippen LogP contribution in [-0.2, 0) is 24.6 Å². The number of imidazole rings is 1. The third-order valence-electron chi connectivity index (χ3n) is 5.77. The second-order valence-corrected chi connectivity index (χ2v) is 9.41. The highest BCUT2D eigenvalue weighted by Crippen LogP contribution is 2.37. The molecule has 0 radical (unpaired) electrons. The molecule has 0 bridgehead atoms. The molecule has 1 aliphatic rings.